The number of amides is 2. The highest BCUT2D eigenvalue weighted by Gasteiger charge is 2.24. The van der Waals surface area contributed by atoms with Crippen molar-refractivity contribution < 1.29 is 14.2 Å². The summed E-state index contributed by atoms with van der Waals surface area (Å²) in [7, 11) is 8.04. The molecule has 7 unspecified atom stereocenters. The fourth-order valence-corrected chi connectivity index (χ4v) is 11.2. The van der Waals surface area contributed by atoms with E-state index in [0.29, 0.717) is 32.5 Å². The summed E-state index contributed by atoms with van der Waals surface area (Å²) < 4.78 is 2.04. The lowest BCUT2D eigenvalue weighted by Gasteiger charge is -2.34. The van der Waals surface area contributed by atoms with Crippen molar-refractivity contribution in [2.75, 3.05) is 65.9 Å². The van der Waals surface area contributed by atoms with E-state index in [-0.39, 0.29) is 18.0 Å². The molecule has 2 heterocycles. The number of hydrogen-bond donors (Lipinski definition) is 3. The maximum absolute atomic E-state index is 11.9. The molecular weight excluding hydrogens is 705 g/mol. The van der Waals surface area contributed by atoms with Gasteiger partial charge in [0, 0.05) is 62.1 Å². The predicted molar refractivity (Wildman–Crippen MR) is 223 cm³/mol. The molecule has 0 aromatic rings. The Hall–Kier alpha value is -0.850. The third-order valence-electron chi connectivity index (χ3n) is 9.21. The Morgan fingerprint density at radius 3 is 1.64 bits per heavy atom. The highest BCUT2D eigenvalue weighted by Crippen LogP contribution is 2.37. The van der Waals surface area contributed by atoms with E-state index >= 15 is 0 Å². The second-order valence-electron chi connectivity index (χ2n) is 13.8. The van der Waals surface area contributed by atoms with Crippen LogP contribution in [0.4, 0.5) is 0 Å². The summed E-state index contributed by atoms with van der Waals surface area (Å²) in [5.74, 6) is 4.06. The lowest BCUT2D eigenvalue weighted by Crippen LogP contribution is -2.36. The van der Waals surface area contributed by atoms with Gasteiger partial charge in [0.25, 0.3) is 0 Å². The van der Waals surface area contributed by atoms with Gasteiger partial charge in [-0.2, -0.15) is 47.0 Å². The van der Waals surface area contributed by atoms with Gasteiger partial charge in [-0.25, -0.2) is 0 Å². The van der Waals surface area contributed by atoms with E-state index < -0.39 is 0 Å². The number of carbonyl (C=O) groups excluding carboxylic acids is 2. The number of amidine groups is 1. The topological polar surface area (TPSA) is 138 Å². The first kappa shape index (κ1) is 49.1. The van der Waals surface area contributed by atoms with Crippen molar-refractivity contribution in [3.63, 3.8) is 0 Å². The van der Waals surface area contributed by atoms with Crippen LogP contribution in [0.15, 0.2) is 0 Å². The zero-order valence-corrected chi connectivity index (χ0v) is 36.3. The minimum absolute atomic E-state index is 0.175. The van der Waals surface area contributed by atoms with Crippen molar-refractivity contribution in [3.05, 3.63) is 5.32 Å². The number of thioether (sulfide) groups is 4. The average Bonchev–Trinajstić information content (AvgIpc) is 3.35. The molecule has 2 saturated heterocycles. The van der Waals surface area contributed by atoms with E-state index in [0.717, 1.165) is 56.7 Å². The summed E-state index contributed by atoms with van der Waals surface area (Å²) in [6, 6.07) is 0. The van der Waals surface area contributed by atoms with Crippen LogP contribution in [-0.4, -0.2) is 131 Å². The molecule has 0 aliphatic carbocycles. The van der Waals surface area contributed by atoms with E-state index in [4.69, 9.17) is 10.8 Å². The second-order valence-corrected chi connectivity index (χ2v) is 20.1. The summed E-state index contributed by atoms with van der Waals surface area (Å²) in [4.78, 5) is 25.8. The monoisotopic (exact) mass is 776 g/mol. The predicted octanol–water partition coefficient (Wildman–Crippen LogP) is 6.95. The van der Waals surface area contributed by atoms with Crippen LogP contribution in [0.1, 0.15) is 106 Å². The van der Waals surface area contributed by atoms with Crippen LogP contribution in [0.5, 0.6) is 0 Å². The molecule has 2 amide bonds. The van der Waals surface area contributed by atoms with Crippen molar-refractivity contribution >= 4 is 64.7 Å². The lowest BCUT2D eigenvalue weighted by atomic mass is 10.1. The maximum Gasteiger partial charge on any atom is 0.241 e. The Bertz CT molecular complexity index is 954. The van der Waals surface area contributed by atoms with Crippen LogP contribution >= 0.6 is 47.0 Å². The number of nitrogens with one attached hydrogen (secondary N) is 3. The van der Waals surface area contributed by atoms with Gasteiger partial charge in [0.2, 0.25) is 17.6 Å². The molecule has 2 rings (SSSR count). The largest absolute Gasteiger partial charge is 0.646 e. The quantitative estimate of drug-likeness (QED) is 0.0441. The minimum Gasteiger partial charge on any atom is -0.646 e. The molecule has 292 valence electrons. The van der Waals surface area contributed by atoms with Gasteiger partial charge < -0.3 is 20.9 Å². The third kappa shape index (κ3) is 25.2. The fourth-order valence-electron chi connectivity index (χ4n) is 5.14. The van der Waals surface area contributed by atoms with Gasteiger partial charge in [0.1, 0.15) is 0 Å². The first-order chi connectivity index (χ1) is 23.8. The zero-order chi connectivity index (χ0) is 37.9. The molecule has 0 spiro atoms. The van der Waals surface area contributed by atoms with Crippen LogP contribution in [-0.2, 0) is 9.59 Å². The standard InChI is InChI=1S/C18H36N3OS2.C18H35N3OS2.N2/c2*1-14-15(2)24-17(10-13-23-14)8-6-7-9-18(22)20-12-11-19-16(3)21(4)5;1-2/h14-17H,6-13H2,1-5H3,(H,20,22);14-15,17H,6-13H2,1-5H3,(H,20,22);/q-1;;/p+1. The van der Waals surface area contributed by atoms with E-state index in [2.05, 4.69) is 108 Å². The molecule has 3 N–H and O–H groups in total. The van der Waals surface area contributed by atoms with Crippen molar-refractivity contribution in [2.24, 2.45) is 0 Å². The number of hydrogen-bond acceptors (Lipinski definition) is 9. The molecule has 0 bridgehead atoms. The van der Waals surface area contributed by atoms with Crippen molar-refractivity contribution in [2.45, 2.75) is 143 Å². The summed E-state index contributed by atoms with van der Waals surface area (Å²) in [6.45, 7) is 16.3. The van der Waals surface area contributed by atoms with Gasteiger partial charge in [-0.1, -0.05) is 53.6 Å². The summed E-state index contributed by atoms with van der Waals surface area (Å²) in [6.07, 6.45) is 11.0. The molecule has 0 radical (unpaired) electrons. The van der Waals surface area contributed by atoms with Crippen LogP contribution in [0.3, 0.4) is 0 Å². The maximum atomic E-state index is 11.9. The first-order valence-corrected chi connectivity index (χ1v) is 22.6. The Morgan fingerprint density at radius 2 is 1.20 bits per heavy atom. The number of unbranched alkanes of at least 4 members (excludes halogenated alkanes) is 2. The van der Waals surface area contributed by atoms with Crippen LogP contribution in [0, 0.1) is 10.8 Å². The molecule has 7 atom stereocenters. The average molecular weight is 777 g/mol. The van der Waals surface area contributed by atoms with Gasteiger partial charge >= 0.3 is 0 Å². The molecule has 10 nitrogen and oxygen atoms in total. The van der Waals surface area contributed by atoms with E-state index in [1.807, 2.05) is 39.7 Å². The molecule has 50 heavy (non-hydrogen) atoms. The Kier molecular flexibility index (Phi) is 30.1. The highest BCUT2D eigenvalue weighted by molar-refractivity contribution is 8.05. The zero-order valence-electron chi connectivity index (χ0n) is 33.0. The number of rotatable bonds is 18. The number of nitrogens with zero attached hydrogens (tertiary/aromatic N) is 5. The van der Waals surface area contributed by atoms with Gasteiger partial charge in [0.15, 0.2) is 0 Å². The Balaban J connectivity index is 0.000000915. The first-order valence-electron chi connectivity index (χ1n) is 18.6. The van der Waals surface area contributed by atoms with Crippen LogP contribution < -0.4 is 16.0 Å². The van der Waals surface area contributed by atoms with Gasteiger partial charge in [-0.3, -0.25) is 19.5 Å². The molecule has 2 aliphatic rings. The van der Waals surface area contributed by atoms with Gasteiger partial charge in [0.05, 0.1) is 27.2 Å². The summed E-state index contributed by atoms with van der Waals surface area (Å²) in [5.41, 5.74) is 0. The van der Waals surface area contributed by atoms with Gasteiger partial charge in [-0.15, -0.1) is 6.54 Å². The minimum atomic E-state index is 0.175. The molecule has 2 aliphatic heterocycles. The smallest absolute Gasteiger partial charge is 0.241 e. The molecule has 14 heteroatoms. The van der Waals surface area contributed by atoms with Gasteiger partial charge in [-0.05, 0) is 70.7 Å². The lowest BCUT2D eigenvalue weighted by molar-refractivity contribution is -0.467. The van der Waals surface area contributed by atoms with E-state index in [1.165, 1.54) is 50.0 Å². The molecule has 0 saturated carbocycles. The third-order valence-corrected chi connectivity index (χ3v) is 15.8. The molecule has 2 fully saturated rings. The molecule has 0 aromatic heterocycles. The van der Waals surface area contributed by atoms with Crippen molar-refractivity contribution in [1.29, 1.82) is 10.8 Å². The highest BCUT2D eigenvalue weighted by atomic mass is 32.2. The second kappa shape index (κ2) is 30.6. The van der Waals surface area contributed by atoms with Crippen molar-refractivity contribution in [1.82, 2.24) is 20.9 Å². The van der Waals surface area contributed by atoms with Crippen LogP contribution in [0.25, 0.3) is 5.32 Å². The van der Waals surface area contributed by atoms with Crippen molar-refractivity contribution in [3.8, 4) is 0 Å². The summed E-state index contributed by atoms with van der Waals surface area (Å²) >= 11 is 8.55. The molecule has 0 aromatic carbocycles. The van der Waals surface area contributed by atoms with Crippen LogP contribution in [0.2, 0.25) is 0 Å². The number of carbonyl (C=O) groups is 2. The Labute approximate surface area is 323 Å². The fraction of sp³-hybridized carbons (Fsp3) is 0.917. The summed E-state index contributed by atoms with van der Waals surface area (Å²) in [5, 5.41) is 30.4. The normalized spacial score (nSPS) is 24.2. The van der Waals surface area contributed by atoms with E-state index in [9.17, 15) is 9.59 Å². The Morgan fingerprint density at radius 1 is 0.760 bits per heavy atom. The SMILES string of the molecule is CC(NCCNC(=O)CCCCC1CCSC(C)C(C)S1)=[N+](C)C.CC1SCCC(CCCCC(=O)NCC[N-]C(C)N(C)C)SC1C.N#N. The molecular formula is C36H72N8O2S4. The van der Waals surface area contributed by atoms with E-state index in [1.54, 1.807) is 0 Å².